The number of hydrogen-bond donors (Lipinski definition) is 0. The average molecular weight is 675 g/mol. The summed E-state index contributed by atoms with van der Waals surface area (Å²) >= 11 is 0. The molecule has 12 nitrogen and oxygen atoms in total. The van der Waals surface area contributed by atoms with Crippen LogP contribution in [0.2, 0.25) is 0 Å². The van der Waals surface area contributed by atoms with Gasteiger partial charge < -0.3 is 18.9 Å². The van der Waals surface area contributed by atoms with Crippen molar-refractivity contribution in [3.63, 3.8) is 0 Å². The summed E-state index contributed by atoms with van der Waals surface area (Å²) in [6.07, 6.45) is 16.3. The van der Waals surface area contributed by atoms with Gasteiger partial charge in [0.1, 0.15) is 0 Å². The van der Waals surface area contributed by atoms with Crippen LogP contribution in [0.1, 0.15) is 52.9 Å². The Morgan fingerprint density at radius 1 is 0.531 bits per heavy atom. The summed E-state index contributed by atoms with van der Waals surface area (Å²) in [6.45, 7) is 5.95. The molecule has 0 aromatic carbocycles. The van der Waals surface area contributed by atoms with Gasteiger partial charge in [-0.2, -0.15) is 0 Å². The van der Waals surface area contributed by atoms with Gasteiger partial charge in [0.25, 0.3) is 0 Å². The fraction of sp³-hybridized carbons (Fsp3) is 0.568. The molecule has 0 aromatic heterocycles. The lowest BCUT2D eigenvalue weighted by molar-refractivity contribution is -0.156. The molecule has 13 unspecified atom stereocenters. The summed E-state index contributed by atoms with van der Waals surface area (Å²) in [5.74, 6) is -2.86. The first-order chi connectivity index (χ1) is 23.3. The Kier molecular flexibility index (Phi) is 8.39. The summed E-state index contributed by atoms with van der Waals surface area (Å²) < 4.78 is 18.3. The van der Waals surface area contributed by atoms with E-state index in [-0.39, 0.29) is 125 Å². The summed E-state index contributed by atoms with van der Waals surface area (Å²) in [5.41, 5.74) is 2.45. The van der Waals surface area contributed by atoms with Gasteiger partial charge in [-0.05, 0) is 75.5 Å². The number of cyclic esters (lactones) is 8. The molecule has 13 atom stereocenters. The molecule has 4 saturated heterocycles. The fourth-order valence-corrected chi connectivity index (χ4v) is 9.52. The molecule has 10 aliphatic rings. The molecule has 12 heteroatoms. The third kappa shape index (κ3) is 5.62. The maximum Gasteiger partial charge on any atom is 0.321 e. The topological polar surface area (TPSA) is 173 Å². The average Bonchev–Trinajstić information content (AvgIpc) is 3.92. The first-order valence-corrected chi connectivity index (χ1v) is 17.1. The second-order valence-electron chi connectivity index (χ2n) is 14.8. The first-order valence-electron chi connectivity index (χ1n) is 17.1. The largest absolute Gasteiger partial charge is 0.393 e. The van der Waals surface area contributed by atoms with Gasteiger partial charge in [0.05, 0.1) is 47.3 Å². The zero-order valence-corrected chi connectivity index (χ0v) is 27.4. The van der Waals surface area contributed by atoms with Gasteiger partial charge in [-0.25, -0.2) is 0 Å². The lowest BCUT2D eigenvalue weighted by Crippen LogP contribution is -2.25. The number of allylic oxidation sites excluding steroid dienone is 7. The van der Waals surface area contributed by atoms with Crippen molar-refractivity contribution in [2.24, 2.45) is 76.9 Å². The number of rotatable bonds is 0. The lowest BCUT2D eigenvalue weighted by Gasteiger charge is -2.20. The van der Waals surface area contributed by atoms with Crippen molar-refractivity contribution in [2.45, 2.75) is 52.9 Å². The van der Waals surface area contributed by atoms with Crippen molar-refractivity contribution >= 4 is 47.8 Å². The second-order valence-corrected chi connectivity index (χ2v) is 14.8. The maximum absolute atomic E-state index is 11.3. The van der Waals surface area contributed by atoms with Crippen molar-refractivity contribution in [1.82, 2.24) is 0 Å². The van der Waals surface area contributed by atoms with E-state index in [1.165, 1.54) is 11.1 Å². The molecule has 10 rings (SSSR count). The van der Waals surface area contributed by atoms with E-state index in [0.717, 1.165) is 25.7 Å². The number of carbonyl (C=O) groups is 8. The van der Waals surface area contributed by atoms with Crippen molar-refractivity contribution in [2.75, 3.05) is 0 Å². The quantitative estimate of drug-likeness (QED) is 0.159. The van der Waals surface area contributed by atoms with Crippen LogP contribution in [-0.4, -0.2) is 47.8 Å². The van der Waals surface area contributed by atoms with Crippen LogP contribution in [-0.2, 0) is 57.3 Å². The summed E-state index contributed by atoms with van der Waals surface area (Å²) in [6, 6.07) is 0. The molecule has 2 saturated carbocycles. The highest BCUT2D eigenvalue weighted by Crippen LogP contribution is 2.55. The Hall–Kier alpha value is -4.48. The molecular formula is C37H38O12. The van der Waals surface area contributed by atoms with Crippen LogP contribution in [0.15, 0.2) is 47.6 Å². The highest BCUT2D eigenvalue weighted by atomic mass is 16.6. The van der Waals surface area contributed by atoms with Crippen LogP contribution in [0.25, 0.3) is 0 Å². The van der Waals surface area contributed by atoms with E-state index in [1.807, 2.05) is 51.2 Å². The van der Waals surface area contributed by atoms with Crippen LogP contribution in [0, 0.1) is 76.9 Å². The predicted molar refractivity (Wildman–Crippen MR) is 164 cm³/mol. The van der Waals surface area contributed by atoms with Crippen molar-refractivity contribution in [1.29, 1.82) is 0 Å². The van der Waals surface area contributed by atoms with E-state index in [2.05, 4.69) is 25.0 Å². The molecule has 258 valence electrons. The zero-order valence-electron chi connectivity index (χ0n) is 27.4. The monoisotopic (exact) mass is 674 g/mol. The molecule has 0 spiro atoms. The van der Waals surface area contributed by atoms with E-state index in [1.54, 1.807) is 0 Å². The number of carbonyl (C=O) groups excluding carboxylic acids is 8. The van der Waals surface area contributed by atoms with Gasteiger partial charge in [0, 0.05) is 0 Å². The highest BCUT2D eigenvalue weighted by Gasteiger charge is 2.60. The van der Waals surface area contributed by atoms with E-state index >= 15 is 0 Å². The molecule has 6 aliphatic carbocycles. The Labute approximate surface area is 282 Å². The first kappa shape index (κ1) is 33.0. The minimum atomic E-state index is -0.371. The summed E-state index contributed by atoms with van der Waals surface area (Å²) in [7, 11) is 0. The van der Waals surface area contributed by atoms with Crippen LogP contribution in [0.4, 0.5) is 0 Å². The van der Waals surface area contributed by atoms with Crippen molar-refractivity contribution in [3.05, 3.63) is 47.6 Å². The lowest BCUT2D eigenvalue weighted by atomic mass is 9.78. The zero-order chi connectivity index (χ0) is 34.9. The van der Waals surface area contributed by atoms with Crippen molar-refractivity contribution < 1.29 is 57.3 Å². The third-order valence-electron chi connectivity index (χ3n) is 11.9. The standard InChI is InChI=1S/C10H10O3.C9H8O3.2C9H10O3/c1-4-2-5-3-6(4)8-7(5)9(11)13-10(8)12;10-8-6-4-1-2-5(3-4)7(6)9(11)12-8;1-5-2-3-6-7(4-5)9(11)12-8(6)10;1-5-3-2-4-6-7(5)9(11)12-8(6)10/h2,5-8H,3H2,1H3;1-2,4-7H,3H2;4,6-7H,2-3H2,1H3;2-3,5-7H,4H2,1H3. The Morgan fingerprint density at radius 3 is 1.69 bits per heavy atom. The fourth-order valence-electron chi connectivity index (χ4n) is 9.52. The SMILES string of the molecule is CC1=CC2C(=O)OC(=O)C2CC1.CC1=CC2CC1C1C(=O)OC(=O)C21.CC1C=CCC2C(=O)OC(=O)C12.O=C1OC(=O)C2C3C=CC(C3)C12. The predicted octanol–water partition coefficient (Wildman–Crippen LogP) is 3.35. The Balaban J connectivity index is 0.000000103. The molecule has 49 heavy (non-hydrogen) atoms. The normalized spacial score (nSPS) is 42.2. The van der Waals surface area contributed by atoms with Gasteiger partial charge in [-0.3, -0.25) is 38.4 Å². The molecule has 4 aliphatic heterocycles. The second kappa shape index (κ2) is 12.4. The minimum absolute atomic E-state index is 0.141. The van der Waals surface area contributed by atoms with Crippen molar-refractivity contribution in [3.8, 4) is 0 Å². The van der Waals surface area contributed by atoms with E-state index in [4.69, 9.17) is 0 Å². The molecule has 0 N–H and O–H groups in total. The summed E-state index contributed by atoms with van der Waals surface area (Å²) in [4.78, 5) is 89.3. The highest BCUT2D eigenvalue weighted by molar-refractivity contribution is 5.99. The molecule has 4 bridgehead atoms. The maximum atomic E-state index is 11.3. The molecule has 0 amide bonds. The molecule has 6 fully saturated rings. The molecule has 4 heterocycles. The Morgan fingerprint density at radius 2 is 1.06 bits per heavy atom. The minimum Gasteiger partial charge on any atom is -0.393 e. The van der Waals surface area contributed by atoms with Crippen LogP contribution >= 0.6 is 0 Å². The number of hydrogen-bond acceptors (Lipinski definition) is 12. The number of esters is 8. The smallest absolute Gasteiger partial charge is 0.321 e. The summed E-state index contributed by atoms with van der Waals surface area (Å²) in [5, 5.41) is 0. The van der Waals surface area contributed by atoms with E-state index < -0.39 is 0 Å². The van der Waals surface area contributed by atoms with E-state index in [0.29, 0.717) is 6.42 Å². The van der Waals surface area contributed by atoms with Gasteiger partial charge >= 0.3 is 47.8 Å². The molecule has 0 radical (unpaired) electrons. The van der Waals surface area contributed by atoms with Crippen LogP contribution < -0.4 is 0 Å². The van der Waals surface area contributed by atoms with Gasteiger partial charge in [0.2, 0.25) is 0 Å². The Bertz CT molecular complexity index is 1630. The number of fused-ring (bicyclic) bond motifs is 12. The molecule has 0 aromatic rings. The van der Waals surface area contributed by atoms with E-state index in [9.17, 15) is 38.4 Å². The van der Waals surface area contributed by atoms with Crippen LogP contribution in [0.5, 0.6) is 0 Å². The van der Waals surface area contributed by atoms with Gasteiger partial charge in [-0.15, -0.1) is 0 Å². The third-order valence-corrected chi connectivity index (χ3v) is 11.9. The van der Waals surface area contributed by atoms with Gasteiger partial charge in [0.15, 0.2) is 0 Å². The number of ether oxygens (including phenoxy) is 4. The molecular weight excluding hydrogens is 636 g/mol. The van der Waals surface area contributed by atoms with Crippen LogP contribution in [0.3, 0.4) is 0 Å². The van der Waals surface area contributed by atoms with Gasteiger partial charge in [-0.1, -0.05) is 54.5 Å².